The quantitative estimate of drug-likeness (QED) is 0.555. The molecule has 14 heavy (non-hydrogen) atoms. The van der Waals surface area contributed by atoms with Crippen molar-refractivity contribution in [3.8, 4) is 0 Å². The average molecular weight is 202 g/mol. The van der Waals surface area contributed by atoms with Crippen LogP contribution in [0, 0.1) is 0 Å². The summed E-state index contributed by atoms with van der Waals surface area (Å²) in [6.07, 6.45) is -0.294. The normalized spacial score (nSPS) is 56.1. The second-order valence-electron chi connectivity index (χ2n) is 3.85. The molecule has 0 aromatic heterocycles. The molecule has 0 N–H and O–H groups in total. The number of epoxide rings is 1. The van der Waals surface area contributed by atoms with E-state index in [1.165, 1.54) is 0 Å². The average Bonchev–Trinajstić information content (AvgIpc) is 2.96. The number of rotatable bonds is 1. The minimum absolute atomic E-state index is 0.00940. The zero-order valence-corrected chi connectivity index (χ0v) is 8.21. The SMILES string of the molecule is CO[C@H]1O[C@@H]2CO[C@@H](C)O[C@H]2[C@@H]2OC12. The van der Waals surface area contributed by atoms with Crippen LogP contribution in [0.5, 0.6) is 0 Å². The molecule has 3 heterocycles. The van der Waals surface area contributed by atoms with Crippen LogP contribution < -0.4 is 0 Å². The molecule has 0 saturated carbocycles. The van der Waals surface area contributed by atoms with E-state index in [1.54, 1.807) is 7.11 Å². The Kier molecular flexibility index (Phi) is 2.04. The molecule has 0 bridgehead atoms. The molecule has 0 aromatic rings. The molecule has 5 heteroatoms. The van der Waals surface area contributed by atoms with Gasteiger partial charge in [0.15, 0.2) is 12.6 Å². The summed E-state index contributed by atoms with van der Waals surface area (Å²) in [4.78, 5) is 0. The Balaban J connectivity index is 1.72. The Bertz CT molecular complexity index is 233. The van der Waals surface area contributed by atoms with Crippen molar-refractivity contribution in [1.29, 1.82) is 0 Å². The Morgan fingerprint density at radius 2 is 1.93 bits per heavy atom. The maximum Gasteiger partial charge on any atom is 0.186 e. The third-order valence-corrected chi connectivity index (χ3v) is 2.91. The van der Waals surface area contributed by atoms with E-state index < -0.39 is 0 Å². The van der Waals surface area contributed by atoms with Crippen molar-refractivity contribution in [2.24, 2.45) is 0 Å². The second-order valence-corrected chi connectivity index (χ2v) is 3.85. The van der Waals surface area contributed by atoms with Gasteiger partial charge in [0, 0.05) is 7.11 Å². The monoisotopic (exact) mass is 202 g/mol. The molecule has 3 aliphatic heterocycles. The lowest BCUT2D eigenvalue weighted by molar-refractivity contribution is -0.295. The lowest BCUT2D eigenvalue weighted by Crippen LogP contribution is -2.53. The summed E-state index contributed by atoms with van der Waals surface area (Å²) in [5, 5.41) is 0. The maximum atomic E-state index is 5.64. The summed E-state index contributed by atoms with van der Waals surface area (Å²) >= 11 is 0. The highest BCUT2D eigenvalue weighted by molar-refractivity contribution is 5.02. The second kappa shape index (κ2) is 3.15. The van der Waals surface area contributed by atoms with Gasteiger partial charge in [-0.1, -0.05) is 0 Å². The minimum atomic E-state index is -0.262. The van der Waals surface area contributed by atoms with Gasteiger partial charge >= 0.3 is 0 Å². The van der Waals surface area contributed by atoms with E-state index in [1.807, 2.05) is 6.92 Å². The van der Waals surface area contributed by atoms with Crippen molar-refractivity contribution >= 4 is 0 Å². The van der Waals surface area contributed by atoms with Crippen molar-refractivity contribution in [1.82, 2.24) is 0 Å². The van der Waals surface area contributed by atoms with Crippen LogP contribution in [-0.2, 0) is 23.7 Å². The predicted molar refractivity (Wildman–Crippen MR) is 44.6 cm³/mol. The first-order valence-electron chi connectivity index (χ1n) is 4.90. The van der Waals surface area contributed by atoms with Gasteiger partial charge in [0.1, 0.15) is 24.4 Å². The fourth-order valence-electron chi connectivity index (χ4n) is 2.14. The predicted octanol–water partition coefficient (Wildman–Crippen LogP) is -0.114. The number of hydrogen-bond donors (Lipinski definition) is 0. The van der Waals surface area contributed by atoms with Gasteiger partial charge in [-0.05, 0) is 6.92 Å². The first kappa shape index (κ1) is 9.06. The van der Waals surface area contributed by atoms with Crippen LogP contribution in [0.15, 0.2) is 0 Å². The number of methoxy groups -OCH3 is 1. The minimum Gasteiger partial charge on any atom is -0.361 e. The van der Waals surface area contributed by atoms with Crippen molar-refractivity contribution in [3.63, 3.8) is 0 Å². The molecule has 0 radical (unpaired) electrons. The highest BCUT2D eigenvalue weighted by Crippen LogP contribution is 2.41. The van der Waals surface area contributed by atoms with Crippen LogP contribution in [-0.4, -0.2) is 50.7 Å². The van der Waals surface area contributed by atoms with E-state index in [0.717, 1.165) is 0 Å². The highest BCUT2D eigenvalue weighted by Gasteiger charge is 2.60. The lowest BCUT2D eigenvalue weighted by atomic mass is 10.0. The van der Waals surface area contributed by atoms with E-state index in [2.05, 4.69) is 0 Å². The molecule has 5 nitrogen and oxygen atoms in total. The van der Waals surface area contributed by atoms with Gasteiger partial charge in [0.2, 0.25) is 0 Å². The van der Waals surface area contributed by atoms with Gasteiger partial charge < -0.3 is 23.7 Å². The zero-order valence-electron chi connectivity index (χ0n) is 8.21. The molecule has 3 rings (SSSR count). The first-order valence-corrected chi connectivity index (χ1v) is 4.90. The van der Waals surface area contributed by atoms with Gasteiger partial charge in [0.05, 0.1) is 6.61 Å². The largest absolute Gasteiger partial charge is 0.361 e. The molecule has 1 unspecified atom stereocenters. The molecule has 0 amide bonds. The summed E-state index contributed by atoms with van der Waals surface area (Å²) in [6, 6.07) is 0. The molecule has 0 aromatic carbocycles. The van der Waals surface area contributed by atoms with Crippen LogP contribution >= 0.6 is 0 Å². The topological polar surface area (TPSA) is 49.5 Å². The van der Waals surface area contributed by atoms with E-state index in [4.69, 9.17) is 23.7 Å². The third kappa shape index (κ3) is 1.28. The van der Waals surface area contributed by atoms with Crippen molar-refractivity contribution in [2.45, 2.75) is 43.9 Å². The first-order chi connectivity index (χ1) is 6.79. The van der Waals surface area contributed by atoms with Gasteiger partial charge in [-0.2, -0.15) is 0 Å². The lowest BCUT2D eigenvalue weighted by Gasteiger charge is -2.38. The summed E-state index contributed by atoms with van der Waals surface area (Å²) in [5.41, 5.74) is 0. The number of ether oxygens (including phenoxy) is 5. The van der Waals surface area contributed by atoms with Crippen molar-refractivity contribution in [3.05, 3.63) is 0 Å². The standard InChI is InChI=1S/C9H14O5/c1-4-11-3-5-6(12-4)7-8(14-7)9(10-2)13-5/h4-9H,3H2,1-2H3/t4-,5-,6-,7+,8?,9+/m1/s1. The summed E-state index contributed by atoms with van der Waals surface area (Å²) in [6.45, 7) is 2.44. The van der Waals surface area contributed by atoms with Crippen LogP contribution in [0.3, 0.4) is 0 Å². The van der Waals surface area contributed by atoms with E-state index in [0.29, 0.717) is 6.61 Å². The molecule has 3 saturated heterocycles. The Morgan fingerprint density at radius 3 is 2.71 bits per heavy atom. The van der Waals surface area contributed by atoms with Gasteiger partial charge in [-0.3, -0.25) is 0 Å². The highest BCUT2D eigenvalue weighted by atomic mass is 16.8. The molecule has 0 aliphatic carbocycles. The molecule has 3 fully saturated rings. The van der Waals surface area contributed by atoms with Crippen LogP contribution in [0.2, 0.25) is 0 Å². The molecule has 0 spiro atoms. The summed E-state index contributed by atoms with van der Waals surface area (Å²) in [5.74, 6) is 0. The number of fused-ring (bicyclic) bond motifs is 3. The maximum absolute atomic E-state index is 5.64. The van der Waals surface area contributed by atoms with Gasteiger partial charge in [-0.15, -0.1) is 0 Å². The summed E-state index contributed by atoms with van der Waals surface area (Å²) in [7, 11) is 1.62. The Labute approximate surface area is 82.2 Å². The third-order valence-electron chi connectivity index (χ3n) is 2.91. The van der Waals surface area contributed by atoms with E-state index >= 15 is 0 Å². The van der Waals surface area contributed by atoms with E-state index in [9.17, 15) is 0 Å². The fraction of sp³-hybridized carbons (Fsp3) is 1.00. The number of hydrogen-bond acceptors (Lipinski definition) is 5. The molecule has 6 atom stereocenters. The zero-order chi connectivity index (χ0) is 9.71. The van der Waals surface area contributed by atoms with Gasteiger partial charge in [0.25, 0.3) is 0 Å². The van der Waals surface area contributed by atoms with E-state index in [-0.39, 0.29) is 37.0 Å². The molecular formula is C9H14O5. The van der Waals surface area contributed by atoms with Crippen LogP contribution in [0.25, 0.3) is 0 Å². The molecule has 80 valence electrons. The smallest absolute Gasteiger partial charge is 0.186 e. The Morgan fingerprint density at radius 1 is 1.07 bits per heavy atom. The van der Waals surface area contributed by atoms with Gasteiger partial charge in [-0.25, -0.2) is 0 Å². The Hall–Kier alpha value is -0.200. The van der Waals surface area contributed by atoms with Crippen molar-refractivity contribution < 1.29 is 23.7 Å². The molecule has 3 aliphatic rings. The van der Waals surface area contributed by atoms with Crippen LogP contribution in [0.1, 0.15) is 6.92 Å². The fourth-order valence-corrected chi connectivity index (χ4v) is 2.14. The summed E-state index contributed by atoms with van der Waals surface area (Å²) < 4.78 is 27.2. The molecular weight excluding hydrogens is 188 g/mol. The van der Waals surface area contributed by atoms with Crippen molar-refractivity contribution in [2.75, 3.05) is 13.7 Å². The van der Waals surface area contributed by atoms with Crippen LogP contribution in [0.4, 0.5) is 0 Å².